The van der Waals surface area contributed by atoms with Gasteiger partial charge in [-0.05, 0) is 32.4 Å². The van der Waals surface area contributed by atoms with Crippen molar-refractivity contribution in [2.75, 3.05) is 11.5 Å². The van der Waals surface area contributed by atoms with Crippen LogP contribution in [-0.2, 0) is 6.42 Å². The number of thioether (sulfide) groups is 1. The summed E-state index contributed by atoms with van der Waals surface area (Å²) in [5, 5.41) is 8.98. The van der Waals surface area contributed by atoms with Gasteiger partial charge in [0.2, 0.25) is 5.95 Å². The van der Waals surface area contributed by atoms with E-state index in [4.69, 9.17) is 10.5 Å². The summed E-state index contributed by atoms with van der Waals surface area (Å²) in [6.45, 7) is 6.26. The standard InChI is InChI=1S/C15H20N4OS/c1-9(2)19-14(16)17-18-15(19)21-8-12-7-11-6-10(3)4-5-13(11)20-12/h4-6,9,12H,7-8H2,1-3H3,(H2,16,17). The summed E-state index contributed by atoms with van der Waals surface area (Å²) in [4.78, 5) is 0. The summed E-state index contributed by atoms with van der Waals surface area (Å²) >= 11 is 1.65. The van der Waals surface area contributed by atoms with Crippen LogP contribution in [0.4, 0.5) is 5.95 Å². The largest absolute Gasteiger partial charge is 0.489 e. The van der Waals surface area contributed by atoms with Gasteiger partial charge in [0.25, 0.3) is 0 Å². The monoisotopic (exact) mass is 304 g/mol. The molecule has 0 spiro atoms. The van der Waals surface area contributed by atoms with E-state index < -0.39 is 0 Å². The molecule has 1 atom stereocenters. The zero-order valence-corrected chi connectivity index (χ0v) is 13.4. The van der Waals surface area contributed by atoms with E-state index in [1.54, 1.807) is 11.8 Å². The van der Waals surface area contributed by atoms with Crippen molar-refractivity contribution in [2.24, 2.45) is 0 Å². The highest BCUT2D eigenvalue weighted by Gasteiger charge is 2.24. The van der Waals surface area contributed by atoms with E-state index in [-0.39, 0.29) is 12.1 Å². The first-order valence-electron chi connectivity index (χ1n) is 7.14. The Morgan fingerprint density at radius 3 is 3.00 bits per heavy atom. The molecule has 0 saturated carbocycles. The topological polar surface area (TPSA) is 66.0 Å². The summed E-state index contributed by atoms with van der Waals surface area (Å²) in [5.41, 5.74) is 8.43. The number of aromatic nitrogens is 3. The summed E-state index contributed by atoms with van der Waals surface area (Å²) < 4.78 is 7.94. The molecule has 2 aromatic rings. The zero-order chi connectivity index (χ0) is 15.0. The molecule has 0 aliphatic carbocycles. The fourth-order valence-electron chi connectivity index (χ4n) is 2.58. The lowest BCUT2D eigenvalue weighted by molar-refractivity contribution is 0.259. The van der Waals surface area contributed by atoms with Crippen LogP contribution in [0.3, 0.4) is 0 Å². The first-order chi connectivity index (χ1) is 10.0. The molecule has 0 bridgehead atoms. The van der Waals surface area contributed by atoms with Gasteiger partial charge in [-0.3, -0.25) is 4.57 Å². The Balaban J connectivity index is 1.65. The third-order valence-electron chi connectivity index (χ3n) is 3.56. The molecule has 1 aromatic carbocycles. The van der Waals surface area contributed by atoms with Crippen LogP contribution in [0.15, 0.2) is 23.4 Å². The molecule has 2 heterocycles. The first-order valence-corrected chi connectivity index (χ1v) is 8.12. The second-order valence-electron chi connectivity index (χ2n) is 5.67. The van der Waals surface area contributed by atoms with Crippen molar-refractivity contribution in [1.29, 1.82) is 0 Å². The molecule has 0 amide bonds. The molecule has 1 aliphatic rings. The number of hydrogen-bond donors (Lipinski definition) is 1. The van der Waals surface area contributed by atoms with Gasteiger partial charge < -0.3 is 10.5 Å². The number of nitrogen functional groups attached to an aromatic ring is 1. The molecule has 6 heteroatoms. The summed E-state index contributed by atoms with van der Waals surface area (Å²) in [7, 11) is 0. The Hall–Kier alpha value is -1.69. The molecule has 2 N–H and O–H groups in total. The van der Waals surface area contributed by atoms with Crippen LogP contribution in [-0.4, -0.2) is 26.6 Å². The van der Waals surface area contributed by atoms with E-state index in [0.29, 0.717) is 5.95 Å². The smallest absolute Gasteiger partial charge is 0.222 e. The number of benzene rings is 1. The van der Waals surface area contributed by atoms with E-state index >= 15 is 0 Å². The van der Waals surface area contributed by atoms with E-state index in [1.807, 2.05) is 4.57 Å². The lowest BCUT2D eigenvalue weighted by atomic mass is 10.1. The number of aryl methyl sites for hydroxylation is 1. The van der Waals surface area contributed by atoms with Crippen molar-refractivity contribution < 1.29 is 4.74 Å². The average Bonchev–Trinajstić information content (AvgIpc) is 2.98. The molecule has 1 aromatic heterocycles. The molecule has 5 nitrogen and oxygen atoms in total. The van der Waals surface area contributed by atoms with Crippen LogP contribution in [0.1, 0.15) is 31.0 Å². The van der Waals surface area contributed by atoms with Crippen molar-refractivity contribution in [3.8, 4) is 5.75 Å². The Bertz CT molecular complexity index is 653. The van der Waals surface area contributed by atoms with Gasteiger partial charge in [0.15, 0.2) is 5.16 Å². The fourth-order valence-corrected chi connectivity index (χ4v) is 3.64. The number of rotatable bonds is 4. The Morgan fingerprint density at radius 2 is 2.24 bits per heavy atom. The molecule has 0 fully saturated rings. The van der Waals surface area contributed by atoms with Gasteiger partial charge in [0.1, 0.15) is 11.9 Å². The van der Waals surface area contributed by atoms with Gasteiger partial charge in [-0.2, -0.15) is 0 Å². The molecule has 1 aliphatic heterocycles. The van der Waals surface area contributed by atoms with E-state index in [2.05, 4.69) is 49.2 Å². The van der Waals surface area contributed by atoms with E-state index in [0.717, 1.165) is 23.1 Å². The third-order valence-corrected chi connectivity index (χ3v) is 4.64. The molecule has 3 rings (SSSR count). The van der Waals surface area contributed by atoms with Gasteiger partial charge in [-0.15, -0.1) is 10.2 Å². The Labute approximate surface area is 128 Å². The van der Waals surface area contributed by atoms with Gasteiger partial charge in [0.05, 0.1) is 0 Å². The van der Waals surface area contributed by atoms with Crippen molar-refractivity contribution in [3.63, 3.8) is 0 Å². The Morgan fingerprint density at radius 1 is 1.43 bits per heavy atom. The minimum Gasteiger partial charge on any atom is -0.489 e. The van der Waals surface area contributed by atoms with Gasteiger partial charge in [-0.1, -0.05) is 29.5 Å². The quantitative estimate of drug-likeness (QED) is 0.880. The molecule has 0 radical (unpaired) electrons. The molecule has 112 valence electrons. The minimum atomic E-state index is 0.185. The van der Waals surface area contributed by atoms with Gasteiger partial charge >= 0.3 is 0 Å². The number of fused-ring (bicyclic) bond motifs is 1. The van der Waals surface area contributed by atoms with Crippen LogP contribution in [0.25, 0.3) is 0 Å². The van der Waals surface area contributed by atoms with Crippen LogP contribution >= 0.6 is 11.8 Å². The summed E-state index contributed by atoms with van der Waals surface area (Å²) in [5.74, 6) is 2.33. The highest BCUT2D eigenvalue weighted by atomic mass is 32.2. The number of nitrogens with zero attached hydrogens (tertiary/aromatic N) is 3. The summed E-state index contributed by atoms with van der Waals surface area (Å²) in [6, 6.07) is 6.61. The average molecular weight is 304 g/mol. The third kappa shape index (κ3) is 2.85. The number of ether oxygens (including phenoxy) is 1. The van der Waals surface area contributed by atoms with E-state index in [1.165, 1.54) is 11.1 Å². The maximum atomic E-state index is 5.98. The number of hydrogen-bond acceptors (Lipinski definition) is 5. The van der Waals surface area contributed by atoms with Gasteiger partial charge in [0, 0.05) is 18.2 Å². The van der Waals surface area contributed by atoms with Crippen molar-refractivity contribution in [3.05, 3.63) is 29.3 Å². The molecule has 0 saturated heterocycles. The zero-order valence-electron chi connectivity index (χ0n) is 12.5. The molecular weight excluding hydrogens is 284 g/mol. The number of nitrogens with two attached hydrogens (primary N) is 1. The van der Waals surface area contributed by atoms with E-state index in [9.17, 15) is 0 Å². The van der Waals surface area contributed by atoms with Gasteiger partial charge in [-0.25, -0.2) is 0 Å². The first kappa shape index (κ1) is 14.3. The van der Waals surface area contributed by atoms with Crippen molar-refractivity contribution in [2.45, 2.75) is 44.5 Å². The molecule has 1 unspecified atom stereocenters. The van der Waals surface area contributed by atoms with Crippen LogP contribution in [0.2, 0.25) is 0 Å². The molecular formula is C15H20N4OS. The predicted molar refractivity (Wildman–Crippen MR) is 84.8 cm³/mol. The summed E-state index contributed by atoms with van der Waals surface area (Å²) in [6.07, 6.45) is 1.14. The van der Waals surface area contributed by atoms with Crippen LogP contribution in [0.5, 0.6) is 5.75 Å². The lowest BCUT2D eigenvalue weighted by Gasteiger charge is -2.13. The Kier molecular flexibility index (Phi) is 3.80. The fraction of sp³-hybridized carbons (Fsp3) is 0.467. The highest BCUT2D eigenvalue weighted by Crippen LogP contribution is 2.32. The lowest BCUT2D eigenvalue weighted by Crippen LogP contribution is -2.16. The normalized spacial score (nSPS) is 17.0. The second-order valence-corrected chi connectivity index (χ2v) is 6.66. The molecule has 21 heavy (non-hydrogen) atoms. The predicted octanol–water partition coefficient (Wildman–Crippen LogP) is 2.85. The van der Waals surface area contributed by atoms with Crippen LogP contribution < -0.4 is 10.5 Å². The maximum Gasteiger partial charge on any atom is 0.222 e. The second kappa shape index (κ2) is 5.60. The van der Waals surface area contributed by atoms with Crippen molar-refractivity contribution in [1.82, 2.24) is 14.8 Å². The maximum absolute atomic E-state index is 5.98. The highest BCUT2D eigenvalue weighted by molar-refractivity contribution is 7.99. The van der Waals surface area contributed by atoms with Crippen molar-refractivity contribution >= 4 is 17.7 Å². The SMILES string of the molecule is Cc1ccc2c(c1)CC(CSc1nnc(N)n1C(C)C)O2. The number of anilines is 1. The van der Waals surface area contributed by atoms with Crippen LogP contribution in [0, 0.1) is 6.92 Å². The minimum absolute atomic E-state index is 0.185.